The first kappa shape index (κ1) is 28.6. The van der Waals surface area contributed by atoms with Crippen LogP contribution in [-0.2, 0) is 9.53 Å². The zero-order valence-corrected chi connectivity index (χ0v) is 23.2. The number of aromatic nitrogens is 1. The van der Waals surface area contributed by atoms with E-state index in [0.29, 0.717) is 35.1 Å². The summed E-state index contributed by atoms with van der Waals surface area (Å²) in [7, 11) is 4.50. The van der Waals surface area contributed by atoms with E-state index in [1.807, 2.05) is 0 Å². The fraction of sp³-hybridized carbons (Fsp3) is 0.333. The van der Waals surface area contributed by atoms with E-state index in [9.17, 15) is 14.4 Å². The van der Waals surface area contributed by atoms with Crippen molar-refractivity contribution in [2.24, 2.45) is 5.73 Å². The monoisotopic (exact) mass is 569 g/mol. The van der Waals surface area contributed by atoms with Gasteiger partial charge in [-0.2, -0.15) is 4.37 Å². The van der Waals surface area contributed by atoms with Crippen molar-refractivity contribution in [3.63, 3.8) is 0 Å². The van der Waals surface area contributed by atoms with Crippen LogP contribution in [0.5, 0.6) is 17.2 Å². The van der Waals surface area contributed by atoms with Gasteiger partial charge in [0.25, 0.3) is 11.8 Å². The smallest absolute Gasteiger partial charge is 0.273 e. The Hall–Kier alpha value is -4.36. The fourth-order valence-electron chi connectivity index (χ4n) is 4.42. The molecule has 1 saturated heterocycles. The first-order chi connectivity index (χ1) is 19.3. The average Bonchev–Trinajstić information content (AvgIpc) is 3.63. The lowest BCUT2D eigenvalue weighted by molar-refractivity contribution is -0.123. The highest BCUT2D eigenvalue weighted by atomic mass is 32.1. The third kappa shape index (κ3) is 5.95. The van der Waals surface area contributed by atoms with Gasteiger partial charge in [0.2, 0.25) is 5.91 Å². The fourth-order valence-corrected chi connectivity index (χ4v) is 5.16. The zero-order valence-electron chi connectivity index (χ0n) is 22.3. The van der Waals surface area contributed by atoms with Crippen molar-refractivity contribution in [1.82, 2.24) is 9.69 Å². The molecule has 1 fully saturated rings. The molecular formula is C27H31N5O7S. The lowest BCUT2D eigenvalue weighted by Gasteiger charge is -2.32. The number of benzene rings is 2. The van der Waals surface area contributed by atoms with Gasteiger partial charge < -0.3 is 35.7 Å². The third-order valence-electron chi connectivity index (χ3n) is 6.48. The molecule has 40 heavy (non-hydrogen) atoms. The molecule has 1 aromatic heterocycles. The van der Waals surface area contributed by atoms with Crippen LogP contribution in [-0.4, -0.2) is 62.7 Å². The third-order valence-corrected chi connectivity index (χ3v) is 7.33. The minimum Gasteiger partial charge on any atom is -0.497 e. The molecule has 2 heterocycles. The summed E-state index contributed by atoms with van der Waals surface area (Å²) in [5.41, 5.74) is 11.9. The van der Waals surface area contributed by atoms with Crippen molar-refractivity contribution in [3.05, 3.63) is 58.6 Å². The normalized spacial score (nSPS) is 15.2. The molecule has 0 aliphatic carbocycles. The molecule has 1 aliphatic rings. The molecule has 0 radical (unpaired) electrons. The highest BCUT2D eigenvalue weighted by Gasteiger charge is 2.37. The molecule has 13 heteroatoms. The van der Waals surface area contributed by atoms with Gasteiger partial charge in [-0.1, -0.05) is 6.07 Å². The van der Waals surface area contributed by atoms with Gasteiger partial charge in [0, 0.05) is 18.8 Å². The van der Waals surface area contributed by atoms with Crippen molar-refractivity contribution < 1.29 is 33.3 Å². The van der Waals surface area contributed by atoms with Crippen LogP contribution in [0.3, 0.4) is 0 Å². The summed E-state index contributed by atoms with van der Waals surface area (Å²) in [5, 5.41) is 2.93. The molecule has 5 N–H and O–H groups in total. The molecule has 3 amide bonds. The van der Waals surface area contributed by atoms with Gasteiger partial charge in [0.15, 0.2) is 17.2 Å². The molecule has 0 unspecified atom stereocenters. The predicted molar refractivity (Wildman–Crippen MR) is 149 cm³/mol. The Morgan fingerprint density at radius 3 is 2.40 bits per heavy atom. The number of hydrogen-bond acceptors (Lipinski definition) is 10. The number of methoxy groups -OCH3 is 3. The van der Waals surface area contributed by atoms with Crippen LogP contribution in [0.15, 0.2) is 42.5 Å². The van der Waals surface area contributed by atoms with Crippen LogP contribution in [0.1, 0.15) is 44.6 Å². The van der Waals surface area contributed by atoms with E-state index in [0.717, 1.165) is 24.4 Å². The second kappa shape index (κ2) is 12.7. The summed E-state index contributed by atoms with van der Waals surface area (Å²) < 4.78 is 25.8. The maximum Gasteiger partial charge on any atom is 0.273 e. The van der Waals surface area contributed by atoms with Gasteiger partial charge >= 0.3 is 0 Å². The number of amides is 3. The summed E-state index contributed by atoms with van der Waals surface area (Å²) >= 11 is 0.727. The van der Waals surface area contributed by atoms with Crippen LogP contribution in [0, 0.1) is 0 Å². The molecule has 2 atom stereocenters. The van der Waals surface area contributed by atoms with Gasteiger partial charge in [0.1, 0.15) is 16.7 Å². The van der Waals surface area contributed by atoms with E-state index in [-0.39, 0.29) is 28.9 Å². The topological polar surface area (TPSA) is 168 Å². The number of nitrogens with two attached hydrogens (primary N) is 2. The van der Waals surface area contributed by atoms with Gasteiger partial charge in [0.05, 0.1) is 33.1 Å². The summed E-state index contributed by atoms with van der Waals surface area (Å²) in [6.45, 7) is 0.894. The summed E-state index contributed by atoms with van der Waals surface area (Å²) in [6, 6.07) is 10.4. The number of carbonyl (C=O) groups is 3. The highest BCUT2D eigenvalue weighted by Crippen LogP contribution is 2.37. The molecule has 0 saturated carbocycles. The zero-order chi connectivity index (χ0) is 28.8. The molecule has 2 aromatic carbocycles. The Kier molecular flexibility index (Phi) is 9.07. The Morgan fingerprint density at radius 1 is 1.10 bits per heavy atom. The van der Waals surface area contributed by atoms with Crippen molar-refractivity contribution in [2.45, 2.75) is 25.0 Å². The Bertz CT molecular complexity index is 1370. The molecular weight excluding hydrogens is 538 g/mol. The largest absolute Gasteiger partial charge is 0.497 e. The van der Waals surface area contributed by atoms with E-state index in [1.54, 1.807) is 42.5 Å². The van der Waals surface area contributed by atoms with Crippen LogP contribution in [0.4, 0.5) is 11.4 Å². The van der Waals surface area contributed by atoms with E-state index in [4.69, 9.17) is 30.4 Å². The Labute approximate surface area is 235 Å². The number of hydrogen-bond donors (Lipinski definition) is 3. The standard InChI is InChI=1S/C27H31N5O7S/c1-36-17-9-7-16(8-10-17)32(27(35)24-21(28)22(25(29)33)31-40-24)23(26(34)30-14-18-5-4-12-39-18)15-6-11-19(37-2)20(13-15)38-3/h6-11,13,18,23H,4-5,12,14,28H2,1-3H3,(H2,29,33)(H,30,34)/t18-,23-/m0/s1. The SMILES string of the molecule is COc1ccc(N(C(=O)c2snc(C(N)=O)c2N)[C@H](C(=O)NC[C@@H]2CCCO2)c2ccc(OC)c(OC)c2)cc1. The van der Waals surface area contributed by atoms with Crippen molar-refractivity contribution in [3.8, 4) is 17.2 Å². The number of nitrogen functional groups attached to an aromatic ring is 1. The number of ether oxygens (including phenoxy) is 4. The van der Waals surface area contributed by atoms with Gasteiger partial charge in [-0.25, -0.2) is 0 Å². The highest BCUT2D eigenvalue weighted by molar-refractivity contribution is 7.09. The lowest BCUT2D eigenvalue weighted by Crippen LogP contribution is -2.45. The van der Waals surface area contributed by atoms with E-state index in [2.05, 4.69) is 9.69 Å². The predicted octanol–water partition coefficient (Wildman–Crippen LogP) is 2.53. The molecule has 4 rings (SSSR count). The van der Waals surface area contributed by atoms with E-state index < -0.39 is 23.8 Å². The summed E-state index contributed by atoms with van der Waals surface area (Å²) in [6.07, 6.45) is 1.59. The molecule has 0 bridgehead atoms. The van der Waals surface area contributed by atoms with Crippen molar-refractivity contribution in [1.29, 1.82) is 0 Å². The summed E-state index contributed by atoms with van der Waals surface area (Å²) in [4.78, 5) is 41.2. The van der Waals surface area contributed by atoms with Gasteiger partial charge in [-0.3, -0.25) is 19.3 Å². The molecule has 12 nitrogen and oxygen atoms in total. The molecule has 212 valence electrons. The number of nitrogens with one attached hydrogen (secondary N) is 1. The van der Waals surface area contributed by atoms with E-state index >= 15 is 0 Å². The molecule has 1 aliphatic heterocycles. The first-order valence-corrected chi connectivity index (χ1v) is 13.2. The van der Waals surface area contributed by atoms with Crippen LogP contribution in [0.25, 0.3) is 0 Å². The Balaban J connectivity index is 1.85. The van der Waals surface area contributed by atoms with Crippen molar-refractivity contribution in [2.75, 3.05) is 45.1 Å². The quantitative estimate of drug-likeness (QED) is 0.314. The number of rotatable bonds is 11. The number of carbonyl (C=O) groups excluding carboxylic acids is 3. The lowest BCUT2D eigenvalue weighted by atomic mass is 10.0. The van der Waals surface area contributed by atoms with Crippen LogP contribution < -0.4 is 35.9 Å². The van der Waals surface area contributed by atoms with E-state index in [1.165, 1.54) is 26.2 Å². The second-order valence-electron chi connectivity index (χ2n) is 8.91. The Morgan fingerprint density at radius 2 is 1.82 bits per heavy atom. The van der Waals surface area contributed by atoms with Crippen LogP contribution >= 0.6 is 11.5 Å². The minimum atomic E-state index is -1.19. The maximum atomic E-state index is 14.2. The van der Waals surface area contributed by atoms with Gasteiger partial charge in [-0.05, 0) is 66.3 Å². The number of nitrogens with zero attached hydrogens (tertiary/aromatic N) is 2. The summed E-state index contributed by atoms with van der Waals surface area (Å²) in [5.74, 6) is -0.619. The average molecular weight is 570 g/mol. The number of primary amides is 1. The minimum absolute atomic E-state index is 0.0398. The second-order valence-corrected chi connectivity index (χ2v) is 9.68. The molecule has 3 aromatic rings. The van der Waals surface area contributed by atoms with Gasteiger partial charge in [-0.15, -0.1) is 0 Å². The van der Waals surface area contributed by atoms with Crippen LogP contribution in [0.2, 0.25) is 0 Å². The first-order valence-electron chi connectivity index (χ1n) is 12.4. The molecule has 0 spiro atoms. The number of anilines is 2. The van der Waals surface area contributed by atoms with Crippen molar-refractivity contribution >= 4 is 40.6 Å². The maximum absolute atomic E-state index is 14.2.